The van der Waals surface area contributed by atoms with Crippen molar-refractivity contribution in [2.24, 2.45) is 5.41 Å². The molecule has 1 saturated carbocycles. The van der Waals surface area contributed by atoms with Crippen LogP contribution in [0.4, 0.5) is 0 Å². The van der Waals surface area contributed by atoms with E-state index in [9.17, 15) is 0 Å². The van der Waals surface area contributed by atoms with Crippen molar-refractivity contribution in [1.82, 2.24) is 0 Å². The smallest absolute Gasteiger partial charge is 0.0812 e. The van der Waals surface area contributed by atoms with Crippen LogP contribution in [0.5, 0.6) is 0 Å². The molecule has 2 nitrogen and oxygen atoms in total. The van der Waals surface area contributed by atoms with Crippen molar-refractivity contribution in [2.75, 3.05) is 13.2 Å². The van der Waals surface area contributed by atoms with E-state index >= 15 is 0 Å². The Balaban J connectivity index is 1.95. The van der Waals surface area contributed by atoms with Gasteiger partial charge in [-0.25, -0.2) is 0 Å². The van der Waals surface area contributed by atoms with Gasteiger partial charge in [-0.1, -0.05) is 25.7 Å². The molecule has 0 aromatic rings. The lowest BCUT2D eigenvalue weighted by atomic mass is 9.78. The third-order valence-electron chi connectivity index (χ3n) is 3.65. The Morgan fingerprint density at radius 1 is 1.15 bits per heavy atom. The van der Waals surface area contributed by atoms with Gasteiger partial charge in [-0.2, -0.15) is 0 Å². The van der Waals surface area contributed by atoms with Crippen LogP contribution in [0, 0.1) is 5.41 Å². The fourth-order valence-electron chi connectivity index (χ4n) is 2.84. The number of aliphatic hydroxyl groups is 1. The van der Waals surface area contributed by atoms with Gasteiger partial charge in [0.1, 0.15) is 0 Å². The summed E-state index contributed by atoms with van der Waals surface area (Å²) in [6.07, 6.45) is 9.40. The van der Waals surface area contributed by atoms with Gasteiger partial charge in [0.15, 0.2) is 0 Å². The molecule has 1 aliphatic carbocycles. The van der Waals surface area contributed by atoms with Gasteiger partial charge in [0, 0.05) is 0 Å². The number of hydrogen-bond donors (Lipinski definition) is 1. The van der Waals surface area contributed by atoms with Crippen LogP contribution in [0.3, 0.4) is 0 Å². The van der Waals surface area contributed by atoms with E-state index in [1.165, 1.54) is 38.5 Å². The van der Waals surface area contributed by atoms with E-state index in [0.717, 1.165) is 13.0 Å². The van der Waals surface area contributed by atoms with Crippen LogP contribution in [0.15, 0.2) is 0 Å². The first kappa shape index (κ1) is 9.47. The Bertz CT molecular complexity index is 159. The highest BCUT2D eigenvalue weighted by Crippen LogP contribution is 2.43. The maximum Gasteiger partial charge on any atom is 0.0812 e. The predicted octanol–water partition coefficient (Wildman–Crippen LogP) is 2.11. The van der Waals surface area contributed by atoms with E-state index in [1.807, 2.05) is 0 Å². The molecule has 0 radical (unpaired) electrons. The first-order chi connectivity index (χ1) is 6.35. The molecule has 1 unspecified atom stereocenters. The van der Waals surface area contributed by atoms with Gasteiger partial charge < -0.3 is 9.84 Å². The lowest BCUT2D eigenvalue weighted by Crippen LogP contribution is -2.20. The van der Waals surface area contributed by atoms with Crippen molar-refractivity contribution in [3.05, 3.63) is 0 Å². The van der Waals surface area contributed by atoms with Gasteiger partial charge in [0.2, 0.25) is 0 Å². The minimum atomic E-state index is 0.137. The summed E-state index contributed by atoms with van der Waals surface area (Å²) in [5.74, 6) is 0. The van der Waals surface area contributed by atoms with Gasteiger partial charge in [-0.15, -0.1) is 0 Å². The molecule has 76 valence electrons. The Hall–Kier alpha value is -0.0800. The molecule has 0 aromatic carbocycles. The molecule has 0 amide bonds. The summed E-state index contributed by atoms with van der Waals surface area (Å²) in [4.78, 5) is 0. The highest BCUT2D eigenvalue weighted by atomic mass is 16.5. The molecule has 0 bridgehead atoms. The molecule has 1 heterocycles. The van der Waals surface area contributed by atoms with Gasteiger partial charge in [-0.3, -0.25) is 0 Å². The van der Waals surface area contributed by atoms with Crippen molar-refractivity contribution in [3.63, 3.8) is 0 Å². The minimum absolute atomic E-state index is 0.137. The van der Waals surface area contributed by atoms with Gasteiger partial charge >= 0.3 is 0 Å². The Kier molecular flexibility index (Phi) is 2.89. The summed E-state index contributed by atoms with van der Waals surface area (Å²) in [6.45, 7) is 1.11. The summed E-state index contributed by atoms with van der Waals surface area (Å²) in [6, 6.07) is 0. The van der Waals surface area contributed by atoms with Crippen LogP contribution >= 0.6 is 0 Å². The summed E-state index contributed by atoms with van der Waals surface area (Å²) in [5, 5.41) is 9.03. The molecule has 1 aliphatic heterocycles. The van der Waals surface area contributed by atoms with Crippen molar-refractivity contribution in [3.8, 4) is 0 Å². The van der Waals surface area contributed by atoms with E-state index in [-0.39, 0.29) is 12.7 Å². The van der Waals surface area contributed by atoms with Crippen molar-refractivity contribution >= 4 is 0 Å². The number of ether oxygens (including phenoxy) is 1. The van der Waals surface area contributed by atoms with Crippen LogP contribution in [0.2, 0.25) is 0 Å². The quantitative estimate of drug-likeness (QED) is 0.676. The molecule has 0 aromatic heterocycles. The van der Waals surface area contributed by atoms with Crippen LogP contribution in [-0.4, -0.2) is 24.4 Å². The fraction of sp³-hybridized carbons (Fsp3) is 1.00. The molecule has 13 heavy (non-hydrogen) atoms. The monoisotopic (exact) mass is 184 g/mol. The van der Waals surface area contributed by atoms with Crippen LogP contribution in [0.1, 0.15) is 44.9 Å². The molecule has 1 spiro atoms. The van der Waals surface area contributed by atoms with E-state index in [4.69, 9.17) is 9.84 Å². The highest BCUT2D eigenvalue weighted by Gasteiger charge is 2.39. The second-order valence-corrected chi connectivity index (χ2v) is 4.73. The van der Waals surface area contributed by atoms with Gasteiger partial charge in [-0.05, 0) is 24.7 Å². The Morgan fingerprint density at radius 2 is 1.85 bits per heavy atom. The van der Waals surface area contributed by atoms with Crippen molar-refractivity contribution in [2.45, 2.75) is 51.0 Å². The summed E-state index contributed by atoms with van der Waals surface area (Å²) in [5.41, 5.74) is 0.448. The molecular formula is C11H20O2. The number of hydrogen-bond acceptors (Lipinski definition) is 2. The Labute approximate surface area is 80.3 Å². The third-order valence-corrected chi connectivity index (χ3v) is 3.65. The van der Waals surface area contributed by atoms with Crippen LogP contribution < -0.4 is 0 Å². The lowest BCUT2D eigenvalue weighted by molar-refractivity contribution is 0.0514. The number of rotatable bonds is 1. The molecule has 2 aliphatic rings. The average Bonchev–Trinajstić information content (AvgIpc) is 2.40. The second-order valence-electron chi connectivity index (χ2n) is 4.73. The van der Waals surface area contributed by atoms with Gasteiger partial charge in [0.05, 0.1) is 19.3 Å². The number of aliphatic hydroxyl groups excluding tert-OH is 1. The molecule has 2 rings (SSSR count). The van der Waals surface area contributed by atoms with Crippen molar-refractivity contribution < 1.29 is 9.84 Å². The molecule has 2 heteroatoms. The molecule has 1 saturated heterocycles. The zero-order chi connectivity index (χ0) is 9.15. The zero-order valence-electron chi connectivity index (χ0n) is 8.30. The largest absolute Gasteiger partial charge is 0.394 e. The topological polar surface area (TPSA) is 29.5 Å². The Morgan fingerprint density at radius 3 is 2.38 bits per heavy atom. The second kappa shape index (κ2) is 3.97. The lowest BCUT2D eigenvalue weighted by Gasteiger charge is -2.25. The van der Waals surface area contributed by atoms with E-state index in [2.05, 4.69) is 0 Å². The zero-order valence-corrected chi connectivity index (χ0v) is 8.30. The molecule has 1 atom stereocenters. The van der Waals surface area contributed by atoms with E-state index in [1.54, 1.807) is 0 Å². The first-order valence-electron chi connectivity index (χ1n) is 5.57. The van der Waals surface area contributed by atoms with Crippen LogP contribution in [-0.2, 0) is 4.74 Å². The standard InChI is InChI=1S/C11H20O2/c12-8-10-7-11(9-13-10)5-3-1-2-4-6-11/h10,12H,1-9H2. The highest BCUT2D eigenvalue weighted by molar-refractivity contribution is 4.88. The molecular weight excluding hydrogens is 164 g/mol. The summed E-state index contributed by atoms with van der Waals surface area (Å²) >= 11 is 0. The SMILES string of the molecule is OCC1CC2(CCCCCC2)CO1. The average molecular weight is 184 g/mol. The maximum absolute atomic E-state index is 9.03. The first-order valence-corrected chi connectivity index (χ1v) is 5.57. The minimum Gasteiger partial charge on any atom is -0.394 e. The van der Waals surface area contributed by atoms with Crippen LogP contribution in [0.25, 0.3) is 0 Å². The summed E-state index contributed by atoms with van der Waals surface area (Å²) in [7, 11) is 0. The third kappa shape index (κ3) is 2.05. The predicted molar refractivity (Wildman–Crippen MR) is 51.6 cm³/mol. The van der Waals surface area contributed by atoms with E-state index in [0.29, 0.717) is 5.41 Å². The molecule has 1 N–H and O–H groups in total. The maximum atomic E-state index is 9.03. The fourth-order valence-corrected chi connectivity index (χ4v) is 2.84. The van der Waals surface area contributed by atoms with E-state index < -0.39 is 0 Å². The normalized spacial score (nSPS) is 33.5. The van der Waals surface area contributed by atoms with Crippen molar-refractivity contribution in [1.29, 1.82) is 0 Å². The summed E-state index contributed by atoms with van der Waals surface area (Å²) < 4.78 is 5.60. The molecule has 2 fully saturated rings. The van der Waals surface area contributed by atoms with Gasteiger partial charge in [0.25, 0.3) is 0 Å².